The number of nitrogens with one attached hydrogen (secondary N) is 1. The van der Waals surface area contributed by atoms with E-state index in [1.807, 2.05) is 36.4 Å². The van der Waals surface area contributed by atoms with Crippen molar-refractivity contribution in [1.29, 1.82) is 0 Å². The number of aliphatic imine (C=N–C) groups is 1. The smallest absolute Gasteiger partial charge is 0.345 e. The third-order valence-electron chi connectivity index (χ3n) is 4.13. The van der Waals surface area contributed by atoms with E-state index in [2.05, 4.69) is 10.3 Å². The largest absolute Gasteiger partial charge is 0.462 e. The van der Waals surface area contributed by atoms with Crippen LogP contribution in [0.2, 0.25) is 0 Å². The first-order valence-electron chi connectivity index (χ1n) is 8.47. The van der Waals surface area contributed by atoms with Crippen LogP contribution < -0.4 is 5.32 Å². The minimum atomic E-state index is -0.656. The maximum atomic E-state index is 12.4. The highest BCUT2D eigenvalue weighted by atomic mass is 35.5. The summed E-state index contributed by atoms with van der Waals surface area (Å²) in [6.07, 6.45) is 5.97. The van der Waals surface area contributed by atoms with Crippen LogP contribution in [0.25, 0.3) is 0 Å². The number of ether oxygens (including phenoxy) is 1. The van der Waals surface area contributed by atoms with Gasteiger partial charge in [0.15, 0.2) is 0 Å². The van der Waals surface area contributed by atoms with Crippen LogP contribution in [-0.2, 0) is 20.7 Å². The van der Waals surface area contributed by atoms with Crippen molar-refractivity contribution in [3.63, 3.8) is 0 Å². The Morgan fingerprint density at radius 1 is 1.31 bits per heavy atom. The van der Waals surface area contributed by atoms with Crippen LogP contribution in [0, 0.1) is 5.92 Å². The number of esters is 1. The second-order valence-electron chi connectivity index (χ2n) is 5.88. The molecule has 1 aromatic rings. The molecule has 0 bridgehead atoms. The normalized spacial score (nSPS) is 18.8. The molecule has 1 unspecified atom stereocenters. The number of amides is 1. The van der Waals surface area contributed by atoms with E-state index in [1.54, 1.807) is 19.1 Å². The molecule has 0 aromatic heterocycles. The summed E-state index contributed by atoms with van der Waals surface area (Å²) in [4.78, 5) is 28.8. The van der Waals surface area contributed by atoms with E-state index < -0.39 is 11.9 Å². The molecule has 1 aliphatic heterocycles. The van der Waals surface area contributed by atoms with Crippen molar-refractivity contribution in [3.05, 3.63) is 70.4 Å². The lowest BCUT2D eigenvalue weighted by atomic mass is 9.88. The minimum absolute atomic E-state index is 0.0373. The summed E-state index contributed by atoms with van der Waals surface area (Å²) in [5.74, 6) is -1.57. The molecule has 0 saturated heterocycles. The van der Waals surface area contributed by atoms with Crippen molar-refractivity contribution in [3.8, 4) is 0 Å². The summed E-state index contributed by atoms with van der Waals surface area (Å²) in [7, 11) is 0. The van der Waals surface area contributed by atoms with Gasteiger partial charge in [-0.2, -0.15) is 0 Å². The summed E-state index contributed by atoms with van der Waals surface area (Å²) in [5, 5.41) is 3.75. The van der Waals surface area contributed by atoms with E-state index in [4.69, 9.17) is 16.3 Å². The number of carbonyl (C=O) groups is 2. The van der Waals surface area contributed by atoms with Crippen LogP contribution in [-0.4, -0.2) is 30.7 Å². The van der Waals surface area contributed by atoms with Crippen LogP contribution in [0.5, 0.6) is 0 Å². The second-order valence-corrected chi connectivity index (χ2v) is 6.32. The maximum absolute atomic E-state index is 12.4. The number of carbonyl (C=O) groups excluding carboxylic acids is 2. The first-order valence-corrected chi connectivity index (χ1v) is 8.85. The number of benzene rings is 1. The molecule has 0 spiro atoms. The second kappa shape index (κ2) is 8.15. The van der Waals surface area contributed by atoms with Gasteiger partial charge in [0.05, 0.1) is 18.2 Å². The Morgan fingerprint density at radius 3 is 2.81 bits per heavy atom. The van der Waals surface area contributed by atoms with E-state index >= 15 is 0 Å². The number of fused-ring (bicyclic) bond motifs is 1. The van der Waals surface area contributed by atoms with E-state index in [0.29, 0.717) is 23.0 Å². The highest BCUT2D eigenvalue weighted by Gasteiger charge is 2.35. The maximum Gasteiger partial charge on any atom is 0.345 e. The van der Waals surface area contributed by atoms with Crippen LogP contribution in [0.4, 0.5) is 0 Å². The highest BCUT2D eigenvalue weighted by Crippen LogP contribution is 2.29. The first kappa shape index (κ1) is 18.1. The summed E-state index contributed by atoms with van der Waals surface area (Å²) in [5.41, 5.74) is 2.17. The molecule has 0 saturated carbocycles. The van der Waals surface area contributed by atoms with E-state index in [1.165, 1.54) is 0 Å². The average Bonchev–Trinajstić information content (AvgIpc) is 2.62. The molecular weight excluding hydrogens is 352 g/mol. The number of hydrogen-bond acceptors (Lipinski definition) is 4. The Hall–Kier alpha value is -2.66. The van der Waals surface area contributed by atoms with Gasteiger partial charge in [0.1, 0.15) is 5.57 Å². The third kappa shape index (κ3) is 3.94. The van der Waals surface area contributed by atoms with Gasteiger partial charge < -0.3 is 10.1 Å². The molecule has 3 rings (SSSR count). The fourth-order valence-electron chi connectivity index (χ4n) is 2.94. The summed E-state index contributed by atoms with van der Waals surface area (Å²) in [6.45, 7) is 2.46. The molecule has 2 aliphatic rings. The number of dihydropyridines is 1. The summed E-state index contributed by atoms with van der Waals surface area (Å²) < 4.78 is 5.06. The fraction of sp³-hybridized carbons (Fsp3) is 0.250. The predicted molar refractivity (Wildman–Crippen MR) is 101 cm³/mol. The molecule has 1 heterocycles. The molecule has 0 fully saturated rings. The Balaban J connectivity index is 1.86. The zero-order valence-corrected chi connectivity index (χ0v) is 15.1. The minimum Gasteiger partial charge on any atom is -0.462 e. The molecular formula is C20H19ClN2O3. The lowest BCUT2D eigenvalue weighted by Gasteiger charge is -2.26. The Bertz CT molecular complexity index is 838. The van der Waals surface area contributed by atoms with Gasteiger partial charge in [-0.25, -0.2) is 9.79 Å². The standard InChI is InChI=1S/C20H19ClN2O3/c1-2-26-20(25)17-18(22-11-10-13-6-4-3-5-7-13)15-9-8-14(21)12-16(15)23-19(17)24/h3-9,12,15,22H,2,10-11H2,1H3. The topological polar surface area (TPSA) is 67.8 Å². The molecule has 26 heavy (non-hydrogen) atoms. The SMILES string of the molecule is CCOC(=O)C1=C(NCCc2ccccc2)C2C=CC(Cl)=CC2=NC1=O. The highest BCUT2D eigenvalue weighted by molar-refractivity contribution is 6.34. The van der Waals surface area contributed by atoms with Crippen LogP contribution in [0.15, 0.2) is 69.9 Å². The Labute approximate surface area is 157 Å². The summed E-state index contributed by atoms with van der Waals surface area (Å²) in [6, 6.07) is 9.98. The Morgan fingerprint density at radius 2 is 2.08 bits per heavy atom. The fourth-order valence-corrected chi connectivity index (χ4v) is 3.13. The zero-order chi connectivity index (χ0) is 18.5. The van der Waals surface area contributed by atoms with Crippen molar-refractivity contribution in [2.75, 3.05) is 13.2 Å². The van der Waals surface area contributed by atoms with Crippen LogP contribution in [0.3, 0.4) is 0 Å². The van der Waals surface area contributed by atoms with Crippen molar-refractivity contribution < 1.29 is 14.3 Å². The number of nitrogens with zero attached hydrogens (tertiary/aromatic N) is 1. The van der Waals surface area contributed by atoms with Crippen molar-refractivity contribution in [2.45, 2.75) is 13.3 Å². The predicted octanol–water partition coefficient (Wildman–Crippen LogP) is 2.93. The number of halogens is 1. The van der Waals surface area contributed by atoms with Crippen molar-refractivity contribution >= 4 is 29.2 Å². The van der Waals surface area contributed by atoms with Crippen LogP contribution in [0.1, 0.15) is 12.5 Å². The molecule has 1 atom stereocenters. The lowest BCUT2D eigenvalue weighted by Crippen LogP contribution is -2.36. The number of allylic oxidation sites excluding steroid dienone is 4. The molecule has 134 valence electrons. The number of hydrogen-bond donors (Lipinski definition) is 1. The molecule has 5 nitrogen and oxygen atoms in total. The molecule has 1 aliphatic carbocycles. The van der Waals surface area contributed by atoms with Gasteiger partial charge in [-0.05, 0) is 31.1 Å². The van der Waals surface area contributed by atoms with E-state index in [9.17, 15) is 9.59 Å². The molecule has 1 aromatic carbocycles. The third-order valence-corrected chi connectivity index (χ3v) is 4.36. The van der Waals surface area contributed by atoms with E-state index in [-0.39, 0.29) is 18.1 Å². The van der Waals surface area contributed by atoms with Gasteiger partial charge in [-0.15, -0.1) is 0 Å². The number of rotatable bonds is 6. The van der Waals surface area contributed by atoms with Gasteiger partial charge in [0.2, 0.25) is 0 Å². The zero-order valence-electron chi connectivity index (χ0n) is 14.4. The monoisotopic (exact) mass is 370 g/mol. The van der Waals surface area contributed by atoms with Gasteiger partial charge in [0.25, 0.3) is 5.91 Å². The van der Waals surface area contributed by atoms with Gasteiger partial charge in [0, 0.05) is 17.3 Å². The van der Waals surface area contributed by atoms with Crippen molar-refractivity contribution in [2.24, 2.45) is 10.9 Å². The van der Waals surface area contributed by atoms with Gasteiger partial charge in [-0.3, -0.25) is 4.79 Å². The molecule has 6 heteroatoms. The summed E-state index contributed by atoms with van der Waals surface area (Å²) >= 11 is 6.02. The lowest BCUT2D eigenvalue weighted by molar-refractivity contribution is -0.140. The molecule has 1 amide bonds. The molecule has 1 N–H and O–H groups in total. The van der Waals surface area contributed by atoms with E-state index in [0.717, 1.165) is 12.0 Å². The quantitative estimate of drug-likeness (QED) is 0.617. The van der Waals surface area contributed by atoms with Crippen molar-refractivity contribution in [1.82, 2.24) is 5.32 Å². The average molecular weight is 371 g/mol. The van der Waals surface area contributed by atoms with Gasteiger partial charge in [-0.1, -0.05) is 48.0 Å². The van der Waals surface area contributed by atoms with Crippen LogP contribution >= 0.6 is 11.6 Å². The Kier molecular flexibility index (Phi) is 5.68. The molecule has 0 radical (unpaired) electrons. The first-order chi connectivity index (χ1) is 12.6. The van der Waals surface area contributed by atoms with Gasteiger partial charge >= 0.3 is 5.97 Å².